The van der Waals surface area contributed by atoms with E-state index in [0.717, 1.165) is 62.0 Å². The van der Waals surface area contributed by atoms with Gasteiger partial charge in [-0.1, -0.05) is 144 Å². The van der Waals surface area contributed by atoms with Crippen molar-refractivity contribution in [1.29, 1.82) is 0 Å². The summed E-state index contributed by atoms with van der Waals surface area (Å²) in [4.78, 5) is 2.44. The molecule has 9 rings (SSSR count). The zero-order chi connectivity index (χ0) is 32.9. The summed E-state index contributed by atoms with van der Waals surface area (Å²) >= 11 is 0. The van der Waals surface area contributed by atoms with Crippen molar-refractivity contribution in [2.24, 2.45) is 0 Å². The van der Waals surface area contributed by atoms with Gasteiger partial charge in [0.15, 0.2) is 8.80 Å². The zero-order valence-corrected chi connectivity index (χ0v) is 28.4. The van der Waals surface area contributed by atoms with Gasteiger partial charge in [0.05, 0.1) is 5.69 Å². The van der Waals surface area contributed by atoms with E-state index in [1.54, 1.807) is 0 Å². The molecule has 0 unspecified atom stereocenters. The molecule has 49 heavy (non-hydrogen) atoms. The molecule has 0 saturated heterocycles. The van der Waals surface area contributed by atoms with Crippen LogP contribution in [0.2, 0.25) is 0 Å². The molecule has 0 atom stereocenters. The number of fused-ring (bicyclic) bond motifs is 4. The third-order valence-corrected chi connectivity index (χ3v) is 12.5. The van der Waals surface area contributed by atoms with Crippen LogP contribution in [0.1, 0.15) is 11.1 Å². The molecule has 2 aliphatic rings. The Balaban J connectivity index is 1.34. The van der Waals surface area contributed by atoms with Crippen LogP contribution in [0.3, 0.4) is 0 Å². The zero-order valence-electron chi connectivity index (χ0n) is 27.4. The molecule has 2 aliphatic heterocycles. The number of hydrogen-bond donors (Lipinski definition) is 0. The van der Waals surface area contributed by atoms with Crippen LogP contribution >= 0.6 is 0 Å². The lowest BCUT2D eigenvalue weighted by molar-refractivity contribution is 0.463. The lowest BCUT2D eigenvalue weighted by atomic mass is 9.34. The van der Waals surface area contributed by atoms with E-state index in [9.17, 15) is 0 Å². The van der Waals surface area contributed by atoms with Gasteiger partial charge >= 0.3 is 0 Å². The molecule has 0 saturated carbocycles. The van der Waals surface area contributed by atoms with Gasteiger partial charge in [-0.3, -0.25) is 0 Å². The average Bonchev–Trinajstić information content (AvgIpc) is 3.15. The molecule has 0 aromatic heterocycles. The summed E-state index contributed by atoms with van der Waals surface area (Å²) in [5, 5.41) is 3.99. The summed E-state index contributed by atoms with van der Waals surface area (Å²) in [5.74, 6) is 3.50. The van der Waals surface area contributed by atoms with E-state index in [4.69, 9.17) is 9.47 Å². The third kappa shape index (κ3) is 4.89. The summed E-state index contributed by atoms with van der Waals surface area (Å²) < 4.78 is 13.8. The fourth-order valence-corrected chi connectivity index (χ4v) is 10.3. The van der Waals surface area contributed by atoms with E-state index in [-0.39, 0.29) is 6.71 Å². The Morgan fingerprint density at radius 3 is 1.61 bits per heavy atom. The summed E-state index contributed by atoms with van der Waals surface area (Å²) in [6.07, 6.45) is 0. The second kappa shape index (κ2) is 12.0. The number of rotatable bonds is 6. The topological polar surface area (TPSA) is 21.7 Å². The SMILES string of the molecule is Cc1ccccc1N(c1ccccc1[Si](c1ccccc1)c1ccccc1)c1cc(C)c2c3c1Oc1ccccc1B3c1ccccc1O2. The van der Waals surface area contributed by atoms with E-state index >= 15 is 0 Å². The van der Waals surface area contributed by atoms with Gasteiger partial charge in [0.25, 0.3) is 6.71 Å². The first-order valence-corrected chi connectivity index (χ1v) is 18.3. The predicted octanol–water partition coefficient (Wildman–Crippen LogP) is 7.02. The van der Waals surface area contributed by atoms with Crippen molar-refractivity contribution in [3.05, 3.63) is 175 Å². The first-order chi connectivity index (χ1) is 24.2. The van der Waals surface area contributed by atoms with Gasteiger partial charge in [0, 0.05) is 16.8 Å². The fraction of sp³-hybridized carbons (Fsp3) is 0.0455. The first-order valence-electron chi connectivity index (χ1n) is 16.8. The lowest BCUT2D eigenvalue weighted by Crippen LogP contribution is -2.57. The highest BCUT2D eigenvalue weighted by molar-refractivity contribution is 6.98. The molecule has 0 aliphatic carbocycles. The van der Waals surface area contributed by atoms with Crippen LogP contribution in [-0.2, 0) is 0 Å². The second-order valence-electron chi connectivity index (χ2n) is 12.7. The largest absolute Gasteiger partial charge is 0.458 e. The highest BCUT2D eigenvalue weighted by atomic mass is 28.3. The maximum absolute atomic E-state index is 7.05. The number of nitrogens with zero attached hydrogens (tertiary/aromatic N) is 1. The summed E-state index contributed by atoms with van der Waals surface area (Å²) in [7, 11) is -1.42. The van der Waals surface area contributed by atoms with Gasteiger partial charge in [-0.2, -0.15) is 0 Å². The van der Waals surface area contributed by atoms with Gasteiger partial charge in [-0.25, -0.2) is 0 Å². The molecule has 3 nitrogen and oxygen atoms in total. The Morgan fingerprint density at radius 2 is 0.980 bits per heavy atom. The van der Waals surface area contributed by atoms with E-state index in [0.29, 0.717) is 0 Å². The van der Waals surface area contributed by atoms with Crippen LogP contribution in [-0.4, -0.2) is 15.5 Å². The highest BCUT2D eigenvalue weighted by Crippen LogP contribution is 2.47. The van der Waals surface area contributed by atoms with Gasteiger partial charge < -0.3 is 14.4 Å². The predicted molar refractivity (Wildman–Crippen MR) is 206 cm³/mol. The maximum Gasteiger partial charge on any atom is 0.260 e. The molecule has 0 N–H and O–H groups in total. The van der Waals surface area contributed by atoms with E-state index in [1.165, 1.54) is 21.1 Å². The van der Waals surface area contributed by atoms with Crippen molar-refractivity contribution in [2.45, 2.75) is 13.8 Å². The summed E-state index contributed by atoms with van der Waals surface area (Å²) in [5.41, 5.74) is 8.92. The monoisotopic (exact) mass is 646 g/mol. The Morgan fingerprint density at radius 1 is 0.469 bits per heavy atom. The molecule has 0 amide bonds. The van der Waals surface area contributed by atoms with Gasteiger partial charge in [-0.15, -0.1) is 0 Å². The average molecular weight is 647 g/mol. The Bertz CT molecular complexity index is 2290. The fourth-order valence-electron chi connectivity index (χ4n) is 7.55. The van der Waals surface area contributed by atoms with Crippen molar-refractivity contribution < 1.29 is 9.47 Å². The molecule has 233 valence electrons. The molecule has 0 spiro atoms. The molecule has 5 heteroatoms. The third-order valence-electron chi connectivity index (χ3n) is 9.74. The number of benzene rings is 7. The van der Waals surface area contributed by atoms with E-state index < -0.39 is 8.80 Å². The van der Waals surface area contributed by atoms with Gasteiger partial charge in [0.1, 0.15) is 23.0 Å². The minimum Gasteiger partial charge on any atom is -0.458 e. The van der Waals surface area contributed by atoms with Crippen LogP contribution in [0.4, 0.5) is 17.1 Å². The van der Waals surface area contributed by atoms with Gasteiger partial charge in [-0.05, 0) is 71.4 Å². The molecular formula is C44H33BNO2Si. The van der Waals surface area contributed by atoms with E-state index in [1.807, 2.05) is 0 Å². The summed E-state index contributed by atoms with van der Waals surface area (Å²) in [6, 6.07) is 58.7. The molecule has 7 aromatic carbocycles. The normalized spacial score (nSPS) is 12.3. The number of ether oxygens (including phenoxy) is 2. The van der Waals surface area contributed by atoms with Crippen molar-refractivity contribution in [3.8, 4) is 23.0 Å². The van der Waals surface area contributed by atoms with Crippen LogP contribution in [0.25, 0.3) is 0 Å². The van der Waals surface area contributed by atoms with Crippen molar-refractivity contribution in [2.75, 3.05) is 4.90 Å². The molecule has 1 radical (unpaired) electrons. The summed E-state index contributed by atoms with van der Waals surface area (Å²) in [6.45, 7) is 4.34. The highest BCUT2D eigenvalue weighted by Gasteiger charge is 2.43. The van der Waals surface area contributed by atoms with Crippen LogP contribution in [0.5, 0.6) is 23.0 Å². The van der Waals surface area contributed by atoms with Crippen LogP contribution < -0.4 is 46.3 Å². The van der Waals surface area contributed by atoms with E-state index in [2.05, 4.69) is 183 Å². The van der Waals surface area contributed by atoms with Crippen LogP contribution in [0, 0.1) is 13.8 Å². The quantitative estimate of drug-likeness (QED) is 0.143. The minimum absolute atomic E-state index is 0.0132. The minimum atomic E-state index is -1.42. The van der Waals surface area contributed by atoms with Crippen molar-refractivity contribution >= 4 is 64.5 Å². The Kier molecular flexibility index (Phi) is 7.21. The number of para-hydroxylation sites is 4. The lowest BCUT2D eigenvalue weighted by Gasteiger charge is -2.38. The van der Waals surface area contributed by atoms with Crippen LogP contribution in [0.15, 0.2) is 164 Å². The Hall–Kier alpha value is -5.78. The number of anilines is 3. The molecule has 0 bridgehead atoms. The molecule has 2 heterocycles. The first kappa shape index (κ1) is 29.4. The number of aryl methyl sites for hydroxylation is 2. The molecule has 7 aromatic rings. The Labute approximate surface area is 289 Å². The molecule has 0 fully saturated rings. The standard InChI is InChI=1S/C44H33BNO2Si/c1-30-17-9-12-24-36(30)46(37-25-13-16-28-41(37)49(32-18-5-3-6-19-32)33-20-7-4-8-21-33)38-29-31(2)43-42-44(38)48-40-27-15-11-23-35(40)45(42)34-22-10-14-26-39(34)47-43/h3-29H,1-2H3. The molecular weight excluding hydrogens is 613 g/mol. The van der Waals surface area contributed by atoms with Gasteiger partial charge in [0.2, 0.25) is 0 Å². The van der Waals surface area contributed by atoms with Crippen molar-refractivity contribution in [3.63, 3.8) is 0 Å². The maximum atomic E-state index is 7.05. The van der Waals surface area contributed by atoms with Crippen molar-refractivity contribution in [1.82, 2.24) is 0 Å². The number of hydrogen-bond acceptors (Lipinski definition) is 3. The second-order valence-corrected chi connectivity index (χ2v) is 15.2. The smallest absolute Gasteiger partial charge is 0.260 e.